The summed E-state index contributed by atoms with van der Waals surface area (Å²) in [6.45, 7) is 2.11. The molecule has 2 aromatic rings. The molecule has 1 aliphatic carbocycles. The molecule has 1 heterocycles. The monoisotopic (exact) mass is 262 g/mol. The Morgan fingerprint density at radius 2 is 2.28 bits per heavy atom. The molecule has 3 nitrogen and oxygen atoms in total. The van der Waals surface area contributed by atoms with Gasteiger partial charge < -0.3 is 10.1 Å². The van der Waals surface area contributed by atoms with Gasteiger partial charge in [0.05, 0.1) is 16.3 Å². The van der Waals surface area contributed by atoms with Gasteiger partial charge in [0.15, 0.2) is 5.13 Å². The quantitative estimate of drug-likeness (QED) is 0.918. The third-order valence-electron chi connectivity index (χ3n) is 3.67. The third kappa shape index (κ3) is 2.22. The number of ether oxygens (including phenoxy) is 1. The molecule has 1 aromatic carbocycles. The van der Waals surface area contributed by atoms with E-state index >= 15 is 0 Å². The molecular formula is C14H18N2OS. The van der Waals surface area contributed by atoms with Crippen LogP contribution in [0.4, 0.5) is 5.13 Å². The molecule has 2 unspecified atom stereocenters. The lowest BCUT2D eigenvalue weighted by Crippen LogP contribution is -2.16. The highest BCUT2D eigenvalue weighted by molar-refractivity contribution is 7.22. The van der Waals surface area contributed by atoms with Crippen LogP contribution < -0.4 is 5.32 Å². The molecule has 96 valence electrons. The number of rotatable bonds is 3. The van der Waals surface area contributed by atoms with E-state index in [0.717, 1.165) is 23.5 Å². The number of fused-ring (bicyclic) bond motifs is 1. The summed E-state index contributed by atoms with van der Waals surface area (Å²) in [5.41, 5.74) is 2.38. The number of nitrogens with one attached hydrogen (secondary N) is 1. The number of hydrogen-bond acceptors (Lipinski definition) is 4. The molecule has 1 fully saturated rings. The minimum atomic E-state index is 0.415. The van der Waals surface area contributed by atoms with Crippen molar-refractivity contribution in [3.8, 4) is 0 Å². The molecule has 2 atom stereocenters. The third-order valence-corrected chi connectivity index (χ3v) is 4.62. The first-order chi connectivity index (χ1) is 8.76. The fraction of sp³-hybridized carbons (Fsp3) is 0.500. The van der Waals surface area contributed by atoms with Gasteiger partial charge in [-0.15, -0.1) is 0 Å². The molecule has 1 N–H and O–H groups in total. The molecule has 0 amide bonds. The van der Waals surface area contributed by atoms with Gasteiger partial charge >= 0.3 is 0 Å². The van der Waals surface area contributed by atoms with Crippen LogP contribution in [0, 0.1) is 6.92 Å². The molecule has 0 saturated heterocycles. The SMILES string of the molecule is COC1CCC(Nc2nc3c(C)cccc3s2)C1. The van der Waals surface area contributed by atoms with Crippen LogP contribution in [-0.4, -0.2) is 24.2 Å². The Balaban J connectivity index is 1.77. The van der Waals surface area contributed by atoms with E-state index in [-0.39, 0.29) is 0 Å². The summed E-state index contributed by atoms with van der Waals surface area (Å²) in [7, 11) is 1.80. The lowest BCUT2D eigenvalue weighted by atomic mass is 10.2. The summed E-state index contributed by atoms with van der Waals surface area (Å²) < 4.78 is 6.66. The van der Waals surface area contributed by atoms with Crippen molar-refractivity contribution in [2.24, 2.45) is 0 Å². The molecule has 0 bridgehead atoms. The zero-order valence-electron chi connectivity index (χ0n) is 10.8. The first-order valence-electron chi connectivity index (χ1n) is 6.42. The van der Waals surface area contributed by atoms with Crippen molar-refractivity contribution in [2.75, 3.05) is 12.4 Å². The average Bonchev–Trinajstić information content (AvgIpc) is 2.96. The van der Waals surface area contributed by atoms with E-state index in [0.29, 0.717) is 12.1 Å². The Morgan fingerprint density at radius 1 is 1.39 bits per heavy atom. The van der Waals surface area contributed by atoms with Gasteiger partial charge in [-0.05, 0) is 37.8 Å². The number of methoxy groups -OCH3 is 1. The van der Waals surface area contributed by atoms with Gasteiger partial charge in [0.25, 0.3) is 0 Å². The van der Waals surface area contributed by atoms with Gasteiger partial charge in [0, 0.05) is 13.2 Å². The fourth-order valence-electron chi connectivity index (χ4n) is 2.61. The zero-order valence-corrected chi connectivity index (χ0v) is 11.6. The molecule has 18 heavy (non-hydrogen) atoms. The minimum absolute atomic E-state index is 0.415. The summed E-state index contributed by atoms with van der Waals surface area (Å²) in [6.07, 6.45) is 3.83. The minimum Gasteiger partial charge on any atom is -0.381 e. The van der Waals surface area contributed by atoms with Crippen molar-refractivity contribution in [1.82, 2.24) is 4.98 Å². The number of aromatic nitrogens is 1. The first-order valence-corrected chi connectivity index (χ1v) is 7.23. The summed E-state index contributed by atoms with van der Waals surface area (Å²) in [4.78, 5) is 4.69. The molecule has 1 aliphatic rings. The molecule has 3 rings (SSSR count). The molecule has 0 aliphatic heterocycles. The fourth-order valence-corrected chi connectivity index (χ4v) is 3.63. The lowest BCUT2D eigenvalue weighted by Gasteiger charge is -2.11. The molecule has 0 radical (unpaired) electrons. The van der Waals surface area contributed by atoms with Crippen molar-refractivity contribution in [3.05, 3.63) is 23.8 Å². The molecule has 0 spiro atoms. The topological polar surface area (TPSA) is 34.1 Å². The maximum absolute atomic E-state index is 5.40. The van der Waals surface area contributed by atoms with E-state index in [1.807, 2.05) is 0 Å². The van der Waals surface area contributed by atoms with Crippen LogP contribution in [0.25, 0.3) is 10.2 Å². The van der Waals surface area contributed by atoms with Crippen LogP contribution in [0.1, 0.15) is 24.8 Å². The van der Waals surface area contributed by atoms with Crippen LogP contribution in [0.15, 0.2) is 18.2 Å². The van der Waals surface area contributed by atoms with Crippen molar-refractivity contribution < 1.29 is 4.74 Å². The van der Waals surface area contributed by atoms with Crippen molar-refractivity contribution >= 4 is 26.7 Å². The summed E-state index contributed by atoms with van der Waals surface area (Å²) in [5.74, 6) is 0. The van der Waals surface area contributed by atoms with Gasteiger partial charge in [-0.1, -0.05) is 23.5 Å². The van der Waals surface area contributed by atoms with Gasteiger partial charge in [0.2, 0.25) is 0 Å². The second-order valence-electron chi connectivity index (χ2n) is 4.95. The predicted molar refractivity (Wildman–Crippen MR) is 76.4 cm³/mol. The second kappa shape index (κ2) is 4.86. The van der Waals surface area contributed by atoms with Crippen LogP contribution in [0.2, 0.25) is 0 Å². The Morgan fingerprint density at radius 3 is 3.00 bits per heavy atom. The van der Waals surface area contributed by atoms with E-state index in [4.69, 9.17) is 9.72 Å². The number of benzene rings is 1. The number of hydrogen-bond donors (Lipinski definition) is 1. The van der Waals surface area contributed by atoms with E-state index in [9.17, 15) is 0 Å². The number of nitrogens with zero attached hydrogens (tertiary/aromatic N) is 1. The van der Waals surface area contributed by atoms with Gasteiger partial charge in [0.1, 0.15) is 0 Å². The Bertz CT molecular complexity index is 552. The molecular weight excluding hydrogens is 244 g/mol. The lowest BCUT2D eigenvalue weighted by molar-refractivity contribution is 0.108. The number of para-hydroxylation sites is 1. The first kappa shape index (κ1) is 11.9. The Kier molecular flexibility index (Phi) is 3.22. The van der Waals surface area contributed by atoms with Gasteiger partial charge in [-0.25, -0.2) is 4.98 Å². The number of anilines is 1. The van der Waals surface area contributed by atoms with E-state index in [2.05, 4.69) is 30.4 Å². The van der Waals surface area contributed by atoms with E-state index in [1.54, 1.807) is 18.4 Å². The van der Waals surface area contributed by atoms with E-state index < -0.39 is 0 Å². The molecule has 1 saturated carbocycles. The van der Waals surface area contributed by atoms with Gasteiger partial charge in [-0.2, -0.15) is 0 Å². The average molecular weight is 262 g/mol. The predicted octanol–water partition coefficient (Wildman–Crippen LogP) is 3.58. The van der Waals surface area contributed by atoms with Crippen LogP contribution in [0.5, 0.6) is 0 Å². The van der Waals surface area contributed by atoms with Crippen molar-refractivity contribution in [2.45, 2.75) is 38.3 Å². The Hall–Kier alpha value is -1.13. The summed E-state index contributed by atoms with van der Waals surface area (Å²) >= 11 is 1.74. The highest BCUT2D eigenvalue weighted by Crippen LogP contribution is 2.31. The highest BCUT2D eigenvalue weighted by Gasteiger charge is 2.24. The normalized spacial score (nSPS) is 23.7. The second-order valence-corrected chi connectivity index (χ2v) is 5.98. The van der Waals surface area contributed by atoms with Crippen LogP contribution >= 0.6 is 11.3 Å². The summed E-state index contributed by atoms with van der Waals surface area (Å²) in [6, 6.07) is 6.85. The Labute approximate surface area is 111 Å². The number of thiazole rings is 1. The smallest absolute Gasteiger partial charge is 0.184 e. The van der Waals surface area contributed by atoms with Crippen LogP contribution in [0.3, 0.4) is 0 Å². The van der Waals surface area contributed by atoms with Crippen molar-refractivity contribution in [1.29, 1.82) is 0 Å². The van der Waals surface area contributed by atoms with E-state index in [1.165, 1.54) is 16.7 Å². The molecule has 1 aromatic heterocycles. The highest BCUT2D eigenvalue weighted by atomic mass is 32.1. The van der Waals surface area contributed by atoms with Crippen molar-refractivity contribution in [3.63, 3.8) is 0 Å². The zero-order chi connectivity index (χ0) is 12.5. The van der Waals surface area contributed by atoms with Crippen LogP contribution in [-0.2, 0) is 4.74 Å². The maximum Gasteiger partial charge on any atom is 0.184 e. The molecule has 4 heteroatoms. The largest absolute Gasteiger partial charge is 0.381 e. The summed E-state index contributed by atoms with van der Waals surface area (Å²) in [5, 5.41) is 4.59. The standard InChI is InChI=1S/C14H18N2OS/c1-9-4-3-5-12-13(9)16-14(18-12)15-10-6-7-11(8-10)17-2/h3-5,10-11H,6-8H2,1-2H3,(H,15,16). The maximum atomic E-state index is 5.40. The van der Waals surface area contributed by atoms with Gasteiger partial charge in [-0.3, -0.25) is 0 Å². The number of aryl methyl sites for hydroxylation is 1.